The molecule has 2 nitrogen and oxygen atoms in total. The average molecular weight is 216 g/mol. The van der Waals surface area contributed by atoms with Gasteiger partial charge in [0.05, 0.1) is 12.7 Å². The van der Waals surface area contributed by atoms with Crippen molar-refractivity contribution in [1.82, 2.24) is 0 Å². The van der Waals surface area contributed by atoms with E-state index in [1.54, 1.807) is 7.11 Å². The molecule has 2 heteroatoms. The Morgan fingerprint density at radius 3 is 2.69 bits per heavy atom. The molecule has 0 heterocycles. The van der Waals surface area contributed by atoms with Crippen molar-refractivity contribution in [1.29, 1.82) is 0 Å². The number of aliphatic hydroxyl groups is 1. The Labute approximate surface area is 95.5 Å². The molecule has 2 aromatic rings. The highest BCUT2D eigenvalue weighted by Gasteiger charge is 2.07. The summed E-state index contributed by atoms with van der Waals surface area (Å²) in [6.07, 6.45) is 0.200. The molecule has 1 N–H and O–H groups in total. The third kappa shape index (κ3) is 2.40. The summed E-state index contributed by atoms with van der Waals surface area (Å²) >= 11 is 0. The molecule has 0 radical (unpaired) electrons. The van der Waals surface area contributed by atoms with Gasteiger partial charge in [-0.05, 0) is 16.3 Å². The number of fused-ring (bicyclic) bond motifs is 1. The first-order valence-electron chi connectivity index (χ1n) is 5.45. The van der Waals surface area contributed by atoms with Crippen LogP contribution in [0.1, 0.15) is 5.56 Å². The molecule has 16 heavy (non-hydrogen) atoms. The fraction of sp³-hybridized carbons (Fsp3) is 0.286. The van der Waals surface area contributed by atoms with Gasteiger partial charge in [0.2, 0.25) is 0 Å². The molecule has 84 valence electrons. The number of ether oxygens (including phenoxy) is 1. The Hall–Kier alpha value is -1.38. The monoisotopic (exact) mass is 216 g/mol. The van der Waals surface area contributed by atoms with Crippen LogP contribution in [0, 0.1) is 0 Å². The van der Waals surface area contributed by atoms with E-state index in [0.717, 1.165) is 0 Å². The summed E-state index contributed by atoms with van der Waals surface area (Å²) in [5, 5.41) is 12.2. The van der Waals surface area contributed by atoms with E-state index < -0.39 is 6.10 Å². The van der Waals surface area contributed by atoms with Gasteiger partial charge >= 0.3 is 0 Å². The van der Waals surface area contributed by atoms with E-state index in [-0.39, 0.29) is 0 Å². The zero-order chi connectivity index (χ0) is 11.4. The van der Waals surface area contributed by atoms with Crippen molar-refractivity contribution in [2.24, 2.45) is 0 Å². The van der Waals surface area contributed by atoms with Gasteiger partial charge < -0.3 is 9.84 Å². The summed E-state index contributed by atoms with van der Waals surface area (Å²) in [5.74, 6) is 0. The van der Waals surface area contributed by atoms with E-state index in [1.165, 1.54) is 16.3 Å². The second-order valence-corrected chi connectivity index (χ2v) is 3.95. The van der Waals surface area contributed by atoms with Crippen LogP contribution in [0.2, 0.25) is 0 Å². The molecule has 0 amide bonds. The van der Waals surface area contributed by atoms with Gasteiger partial charge in [0.25, 0.3) is 0 Å². The minimum Gasteiger partial charge on any atom is -0.390 e. The highest BCUT2D eigenvalue weighted by Crippen LogP contribution is 2.19. The van der Waals surface area contributed by atoms with Crippen molar-refractivity contribution in [2.45, 2.75) is 12.5 Å². The molecule has 0 aliphatic rings. The van der Waals surface area contributed by atoms with Crippen LogP contribution >= 0.6 is 0 Å². The molecule has 0 aromatic heterocycles. The van der Waals surface area contributed by atoms with Gasteiger partial charge in [-0.15, -0.1) is 0 Å². The molecule has 1 unspecified atom stereocenters. The molecule has 0 aliphatic carbocycles. The first kappa shape index (κ1) is 11.1. The third-order valence-electron chi connectivity index (χ3n) is 2.69. The molecule has 1 atom stereocenters. The first-order valence-corrected chi connectivity index (χ1v) is 5.45. The zero-order valence-corrected chi connectivity index (χ0v) is 9.39. The Morgan fingerprint density at radius 2 is 1.88 bits per heavy atom. The van der Waals surface area contributed by atoms with Crippen LogP contribution in [0.5, 0.6) is 0 Å². The minimum absolute atomic E-state index is 0.378. The molecule has 0 fully saturated rings. The fourth-order valence-corrected chi connectivity index (χ4v) is 1.98. The van der Waals surface area contributed by atoms with Crippen molar-refractivity contribution in [3.63, 3.8) is 0 Å². The molecule has 2 aromatic carbocycles. The highest BCUT2D eigenvalue weighted by atomic mass is 16.5. The van der Waals surface area contributed by atoms with Gasteiger partial charge in [0.1, 0.15) is 0 Å². The molecule has 0 bridgehead atoms. The van der Waals surface area contributed by atoms with Crippen molar-refractivity contribution in [2.75, 3.05) is 13.7 Å². The predicted molar refractivity (Wildman–Crippen MR) is 65.5 cm³/mol. The lowest BCUT2D eigenvalue weighted by Gasteiger charge is -2.11. The van der Waals surface area contributed by atoms with Crippen molar-refractivity contribution < 1.29 is 9.84 Å². The Morgan fingerprint density at radius 1 is 1.12 bits per heavy atom. The summed E-state index contributed by atoms with van der Waals surface area (Å²) < 4.78 is 4.94. The van der Waals surface area contributed by atoms with Crippen molar-refractivity contribution >= 4 is 10.8 Å². The van der Waals surface area contributed by atoms with Crippen molar-refractivity contribution in [3.8, 4) is 0 Å². The largest absolute Gasteiger partial charge is 0.390 e. The van der Waals surface area contributed by atoms with E-state index >= 15 is 0 Å². The van der Waals surface area contributed by atoms with Crippen LogP contribution in [0.3, 0.4) is 0 Å². The quantitative estimate of drug-likeness (QED) is 0.850. The zero-order valence-electron chi connectivity index (χ0n) is 9.39. The van der Waals surface area contributed by atoms with Gasteiger partial charge in [-0.25, -0.2) is 0 Å². The topological polar surface area (TPSA) is 29.5 Å². The van der Waals surface area contributed by atoms with Gasteiger partial charge in [-0.2, -0.15) is 0 Å². The van der Waals surface area contributed by atoms with Gasteiger partial charge in [0.15, 0.2) is 0 Å². The summed E-state index contributed by atoms with van der Waals surface area (Å²) in [6, 6.07) is 14.4. The van der Waals surface area contributed by atoms with Gasteiger partial charge in [-0.1, -0.05) is 42.5 Å². The van der Waals surface area contributed by atoms with E-state index in [2.05, 4.69) is 24.3 Å². The normalized spacial score (nSPS) is 12.9. The van der Waals surface area contributed by atoms with Crippen LogP contribution in [-0.2, 0) is 11.2 Å². The van der Waals surface area contributed by atoms with Crippen LogP contribution in [0.25, 0.3) is 10.8 Å². The van der Waals surface area contributed by atoms with E-state index in [0.29, 0.717) is 13.0 Å². The number of rotatable bonds is 4. The second-order valence-electron chi connectivity index (χ2n) is 3.95. The number of benzene rings is 2. The Kier molecular flexibility index (Phi) is 3.54. The number of hydrogen-bond donors (Lipinski definition) is 1. The van der Waals surface area contributed by atoms with E-state index in [9.17, 15) is 5.11 Å². The Bertz CT molecular complexity index is 460. The minimum atomic E-state index is -0.434. The lowest BCUT2D eigenvalue weighted by Crippen LogP contribution is -2.17. The third-order valence-corrected chi connectivity index (χ3v) is 2.69. The summed E-state index contributed by atoms with van der Waals surface area (Å²) in [5.41, 5.74) is 1.17. The maximum atomic E-state index is 9.74. The molecule has 0 saturated heterocycles. The molecule has 0 spiro atoms. The van der Waals surface area contributed by atoms with E-state index in [4.69, 9.17) is 4.74 Å². The first-order chi connectivity index (χ1) is 7.81. The smallest absolute Gasteiger partial charge is 0.0813 e. The van der Waals surface area contributed by atoms with Crippen LogP contribution in [0.15, 0.2) is 42.5 Å². The summed E-state index contributed by atoms with van der Waals surface area (Å²) in [4.78, 5) is 0. The SMILES string of the molecule is COCC(O)Cc1cccc2ccccc12. The fourth-order valence-electron chi connectivity index (χ4n) is 1.98. The highest BCUT2D eigenvalue weighted by molar-refractivity contribution is 5.85. The van der Waals surface area contributed by atoms with Crippen molar-refractivity contribution in [3.05, 3.63) is 48.0 Å². The Balaban J connectivity index is 2.30. The van der Waals surface area contributed by atoms with Crippen LogP contribution in [0.4, 0.5) is 0 Å². The van der Waals surface area contributed by atoms with Crippen LogP contribution < -0.4 is 0 Å². The molecular formula is C14H16O2. The number of hydrogen-bond acceptors (Lipinski definition) is 2. The van der Waals surface area contributed by atoms with Gasteiger partial charge in [0, 0.05) is 13.5 Å². The van der Waals surface area contributed by atoms with E-state index in [1.807, 2.05) is 18.2 Å². The maximum Gasteiger partial charge on any atom is 0.0813 e. The standard InChI is InChI=1S/C14H16O2/c1-16-10-13(15)9-12-7-4-6-11-5-2-3-8-14(11)12/h2-8,13,15H,9-10H2,1H3. The second kappa shape index (κ2) is 5.10. The molecule has 0 saturated carbocycles. The molecular weight excluding hydrogens is 200 g/mol. The predicted octanol–water partition coefficient (Wildman–Crippen LogP) is 2.39. The lowest BCUT2D eigenvalue weighted by molar-refractivity contribution is 0.0652. The average Bonchev–Trinajstić information content (AvgIpc) is 2.30. The van der Waals surface area contributed by atoms with Gasteiger partial charge in [-0.3, -0.25) is 0 Å². The summed E-state index contributed by atoms with van der Waals surface area (Å²) in [6.45, 7) is 0.378. The number of methoxy groups -OCH3 is 1. The lowest BCUT2D eigenvalue weighted by atomic mass is 10.0. The number of aliphatic hydroxyl groups excluding tert-OH is 1. The summed E-state index contributed by atoms with van der Waals surface area (Å²) in [7, 11) is 1.60. The maximum absolute atomic E-state index is 9.74. The molecule has 2 rings (SSSR count). The van der Waals surface area contributed by atoms with Crippen LogP contribution in [-0.4, -0.2) is 24.9 Å². The molecule has 0 aliphatic heterocycles.